The molecule has 1 amide bonds. The fourth-order valence-electron chi connectivity index (χ4n) is 2.49. The molecule has 0 spiro atoms. The minimum Gasteiger partial charge on any atom is -0.355 e. The molecule has 4 nitrogen and oxygen atoms in total. The van der Waals surface area contributed by atoms with Gasteiger partial charge >= 0.3 is 0 Å². The number of ketones is 1. The van der Waals surface area contributed by atoms with Gasteiger partial charge in [-0.1, -0.05) is 13.3 Å². The van der Waals surface area contributed by atoms with Crippen LogP contribution < -0.4 is 5.32 Å². The second-order valence-electron chi connectivity index (χ2n) is 4.86. The fraction of sp³-hybridized carbons (Fsp3) is 0.571. The second-order valence-corrected chi connectivity index (χ2v) is 4.86. The van der Waals surface area contributed by atoms with E-state index in [1.807, 2.05) is 6.92 Å². The van der Waals surface area contributed by atoms with Crippen LogP contribution >= 0.6 is 0 Å². The number of H-pyrrole nitrogens is 1. The first-order valence-electron chi connectivity index (χ1n) is 6.68. The zero-order valence-electron chi connectivity index (χ0n) is 11.1. The lowest BCUT2D eigenvalue weighted by Gasteiger charge is -2.12. The van der Waals surface area contributed by atoms with Gasteiger partial charge in [-0.3, -0.25) is 9.59 Å². The van der Waals surface area contributed by atoms with E-state index in [-0.39, 0.29) is 11.7 Å². The Morgan fingerprint density at radius 2 is 2.17 bits per heavy atom. The number of hydrogen-bond donors (Lipinski definition) is 2. The van der Waals surface area contributed by atoms with E-state index in [2.05, 4.69) is 17.2 Å². The van der Waals surface area contributed by atoms with Gasteiger partial charge in [0.25, 0.3) is 5.91 Å². The third-order valence-corrected chi connectivity index (χ3v) is 3.44. The lowest BCUT2D eigenvalue weighted by Crippen LogP contribution is -2.26. The van der Waals surface area contributed by atoms with E-state index in [1.165, 1.54) is 0 Å². The number of amides is 1. The zero-order valence-corrected chi connectivity index (χ0v) is 11.1. The summed E-state index contributed by atoms with van der Waals surface area (Å²) in [6, 6.07) is 0. The number of aromatic amines is 1. The third-order valence-electron chi connectivity index (χ3n) is 3.44. The highest BCUT2D eigenvalue weighted by molar-refractivity contribution is 6.04. The van der Waals surface area contributed by atoms with Crippen LogP contribution in [0, 0.1) is 6.92 Å². The number of rotatable bonds is 4. The first kappa shape index (κ1) is 12.9. The normalized spacial score (nSPS) is 14.4. The summed E-state index contributed by atoms with van der Waals surface area (Å²) >= 11 is 0. The average Bonchev–Trinajstić information content (AvgIpc) is 2.67. The number of carbonyl (C=O) groups excluding carboxylic acids is 2. The Balaban J connectivity index is 2.22. The van der Waals surface area contributed by atoms with Crippen molar-refractivity contribution in [3.05, 3.63) is 22.5 Å². The summed E-state index contributed by atoms with van der Waals surface area (Å²) in [6.45, 7) is 4.65. The van der Waals surface area contributed by atoms with Crippen LogP contribution in [-0.4, -0.2) is 23.2 Å². The van der Waals surface area contributed by atoms with Gasteiger partial charge in [-0.25, -0.2) is 0 Å². The summed E-state index contributed by atoms with van der Waals surface area (Å²) in [5.41, 5.74) is 3.07. The molecule has 2 rings (SSSR count). The molecule has 0 atom stereocenters. The topological polar surface area (TPSA) is 62.0 Å². The Morgan fingerprint density at radius 3 is 2.89 bits per heavy atom. The Labute approximate surface area is 107 Å². The molecule has 0 aliphatic heterocycles. The highest BCUT2D eigenvalue weighted by Gasteiger charge is 2.26. The standard InChI is InChI=1S/C14H20N2O2/c1-3-4-8-15-14(18)12-9(2)16-13-10(12)6-5-7-11(13)17/h16H,3-8H2,1-2H3,(H,15,18). The molecule has 1 aliphatic carbocycles. The van der Waals surface area contributed by atoms with Gasteiger partial charge in [0.05, 0.1) is 11.3 Å². The van der Waals surface area contributed by atoms with Crippen LogP contribution in [0.15, 0.2) is 0 Å². The van der Waals surface area contributed by atoms with E-state index in [0.717, 1.165) is 36.9 Å². The molecule has 0 fully saturated rings. The van der Waals surface area contributed by atoms with E-state index >= 15 is 0 Å². The highest BCUT2D eigenvalue weighted by atomic mass is 16.1. The van der Waals surface area contributed by atoms with Crippen LogP contribution in [0.2, 0.25) is 0 Å². The molecule has 0 saturated heterocycles. The van der Waals surface area contributed by atoms with Gasteiger partial charge in [0, 0.05) is 18.7 Å². The molecule has 1 aliphatic rings. The Hall–Kier alpha value is -1.58. The molecule has 1 aromatic heterocycles. The Kier molecular flexibility index (Phi) is 3.84. The number of nitrogens with one attached hydrogen (secondary N) is 2. The molecule has 4 heteroatoms. The average molecular weight is 248 g/mol. The van der Waals surface area contributed by atoms with Gasteiger partial charge < -0.3 is 10.3 Å². The van der Waals surface area contributed by atoms with Gasteiger partial charge in [-0.05, 0) is 31.7 Å². The van der Waals surface area contributed by atoms with Gasteiger partial charge in [0.2, 0.25) is 0 Å². The molecule has 2 N–H and O–H groups in total. The van der Waals surface area contributed by atoms with Crippen LogP contribution in [-0.2, 0) is 6.42 Å². The van der Waals surface area contributed by atoms with Crippen molar-refractivity contribution < 1.29 is 9.59 Å². The van der Waals surface area contributed by atoms with Gasteiger partial charge in [0.15, 0.2) is 5.78 Å². The van der Waals surface area contributed by atoms with Crippen molar-refractivity contribution in [1.82, 2.24) is 10.3 Å². The molecule has 0 unspecified atom stereocenters. The number of aryl methyl sites for hydroxylation is 1. The Bertz CT molecular complexity index is 474. The monoisotopic (exact) mass is 248 g/mol. The van der Waals surface area contributed by atoms with Crippen LogP contribution in [0.25, 0.3) is 0 Å². The largest absolute Gasteiger partial charge is 0.355 e. The Morgan fingerprint density at radius 1 is 1.39 bits per heavy atom. The third kappa shape index (κ3) is 2.33. The minimum absolute atomic E-state index is 0.0480. The predicted octanol–water partition coefficient (Wildman–Crippen LogP) is 2.37. The van der Waals surface area contributed by atoms with Crippen molar-refractivity contribution in [3.8, 4) is 0 Å². The number of carbonyl (C=O) groups is 2. The first-order chi connectivity index (χ1) is 8.65. The molecule has 1 aromatic rings. The van der Waals surface area contributed by atoms with Crippen molar-refractivity contribution in [2.24, 2.45) is 0 Å². The van der Waals surface area contributed by atoms with Crippen LogP contribution in [0.4, 0.5) is 0 Å². The van der Waals surface area contributed by atoms with Crippen molar-refractivity contribution in [2.75, 3.05) is 6.54 Å². The summed E-state index contributed by atoms with van der Waals surface area (Å²) in [5, 5.41) is 2.92. The summed E-state index contributed by atoms with van der Waals surface area (Å²) in [7, 11) is 0. The maximum atomic E-state index is 12.1. The van der Waals surface area contributed by atoms with E-state index in [9.17, 15) is 9.59 Å². The van der Waals surface area contributed by atoms with Crippen LogP contribution in [0.5, 0.6) is 0 Å². The van der Waals surface area contributed by atoms with Gasteiger partial charge in [0.1, 0.15) is 0 Å². The number of Topliss-reactive ketones (excluding diaryl/α,β-unsaturated/α-hetero) is 1. The van der Waals surface area contributed by atoms with Crippen LogP contribution in [0.3, 0.4) is 0 Å². The molecule has 0 radical (unpaired) electrons. The summed E-state index contributed by atoms with van der Waals surface area (Å²) in [5.74, 6) is 0.0834. The van der Waals surface area contributed by atoms with Crippen molar-refractivity contribution in [2.45, 2.75) is 46.0 Å². The number of aromatic nitrogens is 1. The van der Waals surface area contributed by atoms with Gasteiger partial charge in [-0.2, -0.15) is 0 Å². The maximum absolute atomic E-state index is 12.1. The van der Waals surface area contributed by atoms with Crippen molar-refractivity contribution in [3.63, 3.8) is 0 Å². The SMILES string of the molecule is CCCCNC(=O)c1c(C)[nH]c2c1CCCC2=O. The van der Waals surface area contributed by atoms with E-state index in [1.54, 1.807) is 0 Å². The van der Waals surface area contributed by atoms with E-state index < -0.39 is 0 Å². The lowest BCUT2D eigenvalue weighted by molar-refractivity contribution is 0.0952. The fourth-order valence-corrected chi connectivity index (χ4v) is 2.49. The lowest BCUT2D eigenvalue weighted by atomic mass is 9.93. The number of hydrogen-bond acceptors (Lipinski definition) is 2. The zero-order chi connectivity index (χ0) is 13.1. The molecule has 98 valence electrons. The molecular formula is C14H20N2O2. The number of unbranched alkanes of at least 4 members (excludes halogenated alkanes) is 1. The number of fused-ring (bicyclic) bond motifs is 1. The molecular weight excluding hydrogens is 228 g/mol. The van der Waals surface area contributed by atoms with Crippen molar-refractivity contribution >= 4 is 11.7 Å². The van der Waals surface area contributed by atoms with E-state index in [4.69, 9.17) is 0 Å². The smallest absolute Gasteiger partial charge is 0.253 e. The van der Waals surface area contributed by atoms with E-state index in [0.29, 0.717) is 24.2 Å². The van der Waals surface area contributed by atoms with Crippen molar-refractivity contribution in [1.29, 1.82) is 0 Å². The first-order valence-corrected chi connectivity index (χ1v) is 6.68. The second kappa shape index (κ2) is 5.38. The predicted molar refractivity (Wildman–Crippen MR) is 70.0 cm³/mol. The summed E-state index contributed by atoms with van der Waals surface area (Å²) in [6.07, 6.45) is 4.30. The van der Waals surface area contributed by atoms with Gasteiger partial charge in [-0.15, -0.1) is 0 Å². The molecule has 18 heavy (non-hydrogen) atoms. The van der Waals surface area contributed by atoms with Crippen LogP contribution in [0.1, 0.15) is 64.7 Å². The quantitative estimate of drug-likeness (QED) is 0.803. The molecule has 0 aromatic carbocycles. The minimum atomic E-state index is -0.0480. The highest BCUT2D eigenvalue weighted by Crippen LogP contribution is 2.26. The molecule has 0 bridgehead atoms. The summed E-state index contributed by atoms with van der Waals surface area (Å²) in [4.78, 5) is 27.0. The molecule has 0 saturated carbocycles. The maximum Gasteiger partial charge on any atom is 0.253 e. The summed E-state index contributed by atoms with van der Waals surface area (Å²) < 4.78 is 0. The molecule has 1 heterocycles.